The molecular formula is C18H29NO2. The summed E-state index contributed by atoms with van der Waals surface area (Å²) in [5.74, 6) is 0.949. The zero-order valence-electron chi connectivity index (χ0n) is 13.9. The highest BCUT2D eigenvalue weighted by atomic mass is 16.5. The van der Waals surface area contributed by atoms with Gasteiger partial charge in [-0.15, -0.1) is 0 Å². The van der Waals surface area contributed by atoms with Gasteiger partial charge in [-0.1, -0.05) is 19.9 Å². The quantitative estimate of drug-likeness (QED) is 0.896. The minimum atomic E-state index is -0.433. The Morgan fingerprint density at radius 2 is 2.14 bits per heavy atom. The van der Waals surface area contributed by atoms with Gasteiger partial charge in [-0.05, 0) is 56.3 Å². The minimum Gasteiger partial charge on any atom is -0.494 e. The molecule has 21 heavy (non-hydrogen) atoms. The average molecular weight is 291 g/mol. The highest BCUT2D eigenvalue weighted by molar-refractivity contribution is 5.38. The molecule has 3 nitrogen and oxygen atoms in total. The van der Waals surface area contributed by atoms with Gasteiger partial charge in [-0.25, -0.2) is 0 Å². The summed E-state index contributed by atoms with van der Waals surface area (Å²) in [7, 11) is 0. The molecule has 1 aromatic carbocycles. The summed E-state index contributed by atoms with van der Waals surface area (Å²) in [6, 6.07) is 6.05. The molecule has 1 N–H and O–H groups in total. The van der Waals surface area contributed by atoms with Crippen LogP contribution in [0.15, 0.2) is 18.2 Å². The molecule has 0 spiro atoms. The monoisotopic (exact) mass is 291 g/mol. The molecule has 2 rings (SSSR count). The standard InChI is InChI=1S/C18H29NO2/c1-5-21-17-8-7-15(14(2)20)11-16(17)12-19-10-6-9-18(3,4)13-19/h7-8,11,14,20H,5-6,9-10,12-13H2,1-4H3. The first-order valence-electron chi connectivity index (χ1n) is 8.07. The molecule has 118 valence electrons. The van der Waals surface area contributed by atoms with Crippen LogP contribution in [0.25, 0.3) is 0 Å². The average Bonchev–Trinajstić information content (AvgIpc) is 2.39. The lowest BCUT2D eigenvalue weighted by atomic mass is 9.84. The van der Waals surface area contributed by atoms with Crippen LogP contribution in [0.5, 0.6) is 5.75 Å². The second-order valence-corrected chi connectivity index (χ2v) is 6.95. The highest BCUT2D eigenvalue weighted by Gasteiger charge is 2.26. The van der Waals surface area contributed by atoms with Crippen molar-refractivity contribution in [3.8, 4) is 5.75 Å². The number of piperidine rings is 1. The van der Waals surface area contributed by atoms with E-state index in [2.05, 4.69) is 24.8 Å². The fraction of sp³-hybridized carbons (Fsp3) is 0.667. The van der Waals surface area contributed by atoms with Gasteiger partial charge in [0.15, 0.2) is 0 Å². The van der Waals surface area contributed by atoms with Crippen molar-refractivity contribution in [2.24, 2.45) is 5.41 Å². The first-order valence-corrected chi connectivity index (χ1v) is 8.07. The summed E-state index contributed by atoms with van der Waals surface area (Å²) in [6.45, 7) is 12.3. The van der Waals surface area contributed by atoms with Crippen molar-refractivity contribution < 1.29 is 9.84 Å². The molecule has 1 fully saturated rings. The molecule has 1 aromatic rings. The van der Waals surface area contributed by atoms with Crippen molar-refractivity contribution in [2.75, 3.05) is 19.7 Å². The molecule has 1 unspecified atom stereocenters. The summed E-state index contributed by atoms with van der Waals surface area (Å²) in [6.07, 6.45) is 2.13. The van der Waals surface area contributed by atoms with Crippen molar-refractivity contribution in [3.63, 3.8) is 0 Å². The number of ether oxygens (including phenoxy) is 1. The Kier molecular flexibility index (Phi) is 5.28. The van der Waals surface area contributed by atoms with Crippen LogP contribution in [-0.4, -0.2) is 29.7 Å². The van der Waals surface area contributed by atoms with Gasteiger partial charge >= 0.3 is 0 Å². The Morgan fingerprint density at radius 3 is 2.76 bits per heavy atom. The molecule has 1 atom stereocenters. The lowest BCUT2D eigenvalue weighted by molar-refractivity contribution is 0.110. The van der Waals surface area contributed by atoms with E-state index < -0.39 is 6.10 Å². The molecule has 0 amide bonds. The lowest BCUT2D eigenvalue weighted by Gasteiger charge is -2.38. The lowest BCUT2D eigenvalue weighted by Crippen LogP contribution is -2.39. The van der Waals surface area contributed by atoms with Crippen LogP contribution < -0.4 is 4.74 Å². The van der Waals surface area contributed by atoms with Crippen LogP contribution in [-0.2, 0) is 6.54 Å². The summed E-state index contributed by atoms with van der Waals surface area (Å²) in [4.78, 5) is 2.51. The van der Waals surface area contributed by atoms with Crippen LogP contribution in [0, 0.1) is 5.41 Å². The van der Waals surface area contributed by atoms with Crippen molar-refractivity contribution in [1.82, 2.24) is 4.90 Å². The summed E-state index contributed by atoms with van der Waals surface area (Å²) in [5, 5.41) is 9.80. The maximum absolute atomic E-state index is 9.80. The number of hydrogen-bond donors (Lipinski definition) is 1. The molecule has 0 radical (unpaired) electrons. The second-order valence-electron chi connectivity index (χ2n) is 6.95. The minimum absolute atomic E-state index is 0.395. The Hall–Kier alpha value is -1.06. The highest BCUT2D eigenvalue weighted by Crippen LogP contribution is 2.31. The Balaban J connectivity index is 2.18. The number of nitrogens with zero attached hydrogens (tertiary/aromatic N) is 1. The first kappa shape index (κ1) is 16.3. The van der Waals surface area contributed by atoms with E-state index in [1.165, 1.54) is 18.4 Å². The fourth-order valence-electron chi connectivity index (χ4n) is 3.20. The smallest absolute Gasteiger partial charge is 0.123 e. The van der Waals surface area contributed by atoms with E-state index in [4.69, 9.17) is 4.74 Å². The molecule has 3 heteroatoms. The number of aliphatic hydroxyl groups is 1. The Bertz CT molecular complexity index is 468. The Labute approximate surface area is 128 Å². The number of hydrogen-bond acceptors (Lipinski definition) is 3. The van der Waals surface area contributed by atoms with E-state index in [0.717, 1.165) is 30.9 Å². The topological polar surface area (TPSA) is 32.7 Å². The van der Waals surface area contributed by atoms with Gasteiger partial charge in [0.2, 0.25) is 0 Å². The van der Waals surface area contributed by atoms with Crippen LogP contribution in [0.4, 0.5) is 0 Å². The zero-order chi connectivity index (χ0) is 15.5. The number of rotatable bonds is 5. The Morgan fingerprint density at radius 1 is 1.38 bits per heavy atom. The predicted molar refractivity (Wildman–Crippen MR) is 86.5 cm³/mol. The van der Waals surface area contributed by atoms with E-state index in [0.29, 0.717) is 12.0 Å². The summed E-state index contributed by atoms with van der Waals surface area (Å²) < 4.78 is 5.76. The van der Waals surface area contributed by atoms with Crippen molar-refractivity contribution in [3.05, 3.63) is 29.3 Å². The molecule has 0 aromatic heterocycles. The molecular weight excluding hydrogens is 262 g/mol. The van der Waals surface area contributed by atoms with Gasteiger partial charge in [0.25, 0.3) is 0 Å². The van der Waals surface area contributed by atoms with E-state index in [9.17, 15) is 5.11 Å². The SMILES string of the molecule is CCOc1ccc(C(C)O)cc1CN1CCCC(C)(C)C1. The molecule has 1 aliphatic rings. The van der Waals surface area contributed by atoms with Crippen LogP contribution in [0.3, 0.4) is 0 Å². The van der Waals surface area contributed by atoms with E-state index >= 15 is 0 Å². The zero-order valence-corrected chi connectivity index (χ0v) is 13.9. The third kappa shape index (κ3) is 4.45. The molecule has 1 heterocycles. The third-order valence-electron chi connectivity index (χ3n) is 4.24. The van der Waals surface area contributed by atoms with Gasteiger partial charge in [-0.2, -0.15) is 0 Å². The van der Waals surface area contributed by atoms with Crippen LogP contribution >= 0.6 is 0 Å². The normalized spacial score (nSPS) is 20.2. The summed E-state index contributed by atoms with van der Waals surface area (Å²) >= 11 is 0. The fourth-order valence-corrected chi connectivity index (χ4v) is 3.20. The van der Waals surface area contributed by atoms with Gasteiger partial charge in [0.05, 0.1) is 12.7 Å². The maximum atomic E-state index is 9.80. The summed E-state index contributed by atoms with van der Waals surface area (Å²) in [5.41, 5.74) is 2.55. The molecule has 0 aliphatic carbocycles. The predicted octanol–water partition coefficient (Wildman–Crippen LogP) is 3.76. The van der Waals surface area contributed by atoms with Crippen molar-refractivity contribution >= 4 is 0 Å². The molecule has 1 saturated heterocycles. The van der Waals surface area contributed by atoms with Crippen LogP contribution in [0.1, 0.15) is 57.8 Å². The van der Waals surface area contributed by atoms with Gasteiger partial charge in [0, 0.05) is 18.7 Å². The van der Waals surface area contributed by atoms with Gasteiger partial charge < -0.3 is 9.84 Å². The third-order valence-corrected chi connectivity index (χ3v) is 4.24. The second kappa shape index (κ2) is 6.80. The largest absolute Gasteiger partial charge is 0.494 e. The number of aliphatic hydroxyl groups excluding tert-OH is 1. The van der Waals surface area contributed by atoms with Crippen molar-refractivity contribution in [1.29, 1.82) is 0 Å². The molecule has 0 bridgehead atoms. The number of benzene rings is 1. The molecule has 1 aliphatic heterocycles. The van der Waals surface area contributed by atoms with E-state index in [1.807, 2.05) is 26.0 Å². The van der Waals surface area contributed by atoms with Gasteiger partial charge in [0.1, 0.15) is 5.75 Å². The van der Waals surface area contributed by atoms with E-state index in [-0.39, 0.29) is 0 Å². The van der Waals surface area contributed by atoms with E-state index in [1.54, 1.807) is 0 Å². The maximum Gasteiger partial charge on any atom is 0.123 e. The van der Waals surface area contributed by atoms with Gasteiger partial charge in [-0.3, -0.25) is 4.90 Å². The van der Waals surface area contributed by atoms with Crippen molar-refractivity contribution in [2.45, 2.75) is 53.2 Å². The first-order chi connectivity index (χ1) is 9.91. The number of likely N-dealkylation sites (tertiary alicyclic amines) is 1. The van der Waals surface area contributed by atoms with Crippen LogP contribution in [0.2, 0.25) is 0 Å². The molecule has 0 saturated carbocycles.